The van der Waals surface area contributed by atoms with Crippen LogP contribution < -0.4 is 5.46 Å². The van der Waals surface area contributed by atoms with Gasteiger partial charge in [-0.15, -0.1) is 22.7 Å². The topological polar surface area (TPSA) is 95.8 Å². The molecule has 4 aromatic heterocycles. The first-order valence-corrected chi connectivity index (χ1v) is 42.2. The van der Waals surface area contributed by atoms with Crippen molar-refractivity contribution in [2.45, 2.75) is 38.9 Å². The number of nitrogens with zero attached hydrogens (tertiary/aromatic N) is 6. The van der Waals surface area contributed by atoms with Gasteiger partial charge in [-0.25, -0.2) is 29.9 Å². The Bertz CT molecular complexity index is 6930. The van der Waals surface area contributed by atoms with Crippen LogP contribution in [0.3, 0.4) is 0 Å². The van der Waals surface area contributed by atoms with Crippen molar-refractivity contribution in [3.05, 3.63) is 405 Å². The maximum absolute atomic E-state index is 6.41. The summed E-state index contributed by atoms with van der Waals surface area (Å²) in [4.78, 5) is 29.1. The van der Waals surface area contributed by atoms with Crippen molar-refractivity contribution >= 4 is 87.2 Å². The maximum atomic E-state index is 6.41. The Hall–Kier alpha value is -13.7. The summed E-state index contributed by atoms with van der Waals surface area (Å²) in [5, 5.41) is 5.85. The summed E-state index contributed by atoms with van der Waals surface area (Å²) < 4.78 is 18.0. The number of hydrogen-bond donors (Lipinski definition) is 0. The third kappa shape index (κ3) is 15.8. The summed E-state index contributed by atoms with van der Waals surface area (Å²) >= 11 is 9.77. The lowest BCUT2D eigenvalue weighted by Gasteiger charge is -2.32. The van der Waals surface area contributed by atoms with Crippen molar-refractivity contribution in [2.75, 3.05) is 0 Å². The smallest absolute Gasteiger partial charge is 0.399 e. The van der Waals surface area contributed by atoms with Gasteiger partial charge in [0, 0.05) is 78.8 Å². The van der Waals surface area contributed by atoms with E-state index in [9.17, 15) is 0 Å². The summed E-state index contributed by atoms with van der Waals surface area (Å²) in [5.41, 5.74) is 22.9. The molecule has 16 aromatic carbocycles. The third-order valence-electron chi connectivity index (χ3n) is 22.5. The standard InChI is InChI=1S/C51H33N3S.C30H27BO2S.C27H18ClN3/c1-4-13-34(14-5-1)35-25-29-37(30-26-35)43-21-11-23-45-46-24-12-22-44(48(46)55-47(43)45)38-31-27-36(28-32-38)41-19-10-20-42(33-41)51-53-49(39-15-6-2-7-16-39)52-50(54-51)40-17-8-3-9-18-40;1-29(2)30(3,4)33-31(32-29)26-15-9-14-25-24-13-8-12-23(27(24)34-28(25)26)22-18-16-21(17-19-22)20-10-6-5-7-11-20;28-24-16-14-19(15-17-24)22-12-7-13-23(18-22)27-30-25(20-8-3-1-4-9-20)29-26(31-27)21-10-5-2-6-11-21/h1-33H;5-19H,1-4H3;1-18H. The van der Waals surface area contributed by atoms with Gasteiger partial charge in [-0.2, -0.15) is 0 Å². The van der Waals surface area contributed by atoms with E-state index in [1.165, 1.54) is 96.0 Å². The number of rotatable bonds is 14. The van der Waals surface area contributed by atoms with Crippen molar-refractivity contribution in [3.8, 4) is 146 Å². The van der Waals surface area contributed by atoms with Gasteiger partial charge < -0.3 is 9.31 Å². The fraction of sp³-hybridized carbons (Fsp3) is 0.0556. The zero-order valence-corrected chi connectivity index (χ0v) is 68.8. The zero-order valence-electron chi connectivity index (χ0n) is 66.4. The Morgan fingerprint density at radius 3 is 0.767 bits per heavy atom. The van der Waals surface area contributed by atoms with Crippen LogP contribution in [0.4, 0.5) is 0 Å². The van der Waals surface area contributed by atoms with Crippen LogP contribution >= 0.6 is 34.3 Å². The van der Waals surface area contributed by atoms with Gasteiger partial charge in [0.05, 0.1) is 11.2 Å². The van der Waals surface area contributed by atoms with E-state index in [1.54, 1.807) is 0 Å². The molecule has 120 heavy (non-hydrogen) atoms. The summed E-state index contributed by atoms with van der Waals surface area (Å²) in [6.45, 7) is 8.43. The number of thiophene rings is 2. The highest BCUT2D eigenvalue weighted by atomic mass is 35.5. The first-order valence-electron chi connectivity index (χ1n) is 40.2. The molecule has 1 aliphatic rings. The van der Waals surface area contributed by atoms with E-state index < -0.39 is 0 Å². The lowest BCUT2D eigenvalue weighted by Crippen LogP contribution is -2.41. The molecule has 0 radical (unpaired) electrons. The van der Waals surface area contributed by atoms with Gasteiger partial charge in [0.15, 0.2) is 34.9 Å². The van der Waals surface area contributed by atoms with Gasteiger partial charge in [0.1, 0.15) is 0 Å². The van der Waals surface area contributed by atoms with E-state index >= 15 is 0 Å². The molecular formula is C108H78BClN6O2S2. The summed E-state index contributed by atoms with van der Waals surface area (Å²) in [5.74, 6) is 3.91. The number of hydrogen-bond acceptors (Lipinski definition) is 10. The first-order chi connectivity index (χ1) is 58.8. The minimum atomic E-state index is -0.365. The summed E-state index contributed by atoms with van der Waals surface area (Å²) in [6, 6.07) is 139. The van der Waals surface area contributed by atoms with Gasteiger partial charge in [0.25, 0.3) is 0 Å². The second kappa shape index (κ2) is 33.3. The molecule has 574 valence electrons. The van der Waals surface area contributed by atoms with Gasteiger partial charge in [-0.05, 0) is 135 Å². The second-order valence-electron chi connectivity index (χ2n) is 30.8. The van der Waals surface area contributed by atoms with Crippen LogP contribution in [0.5, 0.6) is 0 Å². The molecule has 1 aliphatic heterocycles. The Kier molecular flexibility index (Phi) is 21.2. The van der Waals surface area contributed by atoms with Gasteiger partial charge >= 0.3 is 7.12 Å². The van der Waals surface area contributed by atoms with Crippen molar-refractivity contribution in [3.63, 3.8) is 0 Å². The molecule has 5 heterocycles. The quantitative estimate of drug-likeness (QED) is 0.0994. The Morgan fingerprint density at radius 1 is 0.217 bits per heavy atom. The predicted molar refractivity (Wildman–Crippen MR) is 503 cm³/mol. The summed E-state index contributed by atoms with van der Waals surface area (Å²) in [6.07, 6.45) is 0. The van der Waals surface area contributed by atoms with Crippen LogP contribution in [0.1, 0.15) is 27.7 Å². The van der Waals surface area contributed by atoms with Gasteiger partial charge in [0.2, 0.25) is 0 Å². The second-order valence-corrected chi connectivity index (χ2v) is 33.2. The first kappa shape index (κ1) is 76.2. The summed E-state index contributed by atoms with van der Waals surface area (Å²) in [7, 11) is -0.365. The molecule has 0 spiro atoms. The average molecular weight is 1600 g/mol. The Labute approximate surface area is 711 Å². The molecule has 0 bridgehead atoms. The fourth-order valence-corrected chi connectivity index (χ4v) is 18.3. The highest BCUT2D eigenvalue weighted by molar-refractivity contribution is 7.27. The zero-order chi connectivity index (χ0) is 81.1. The van der Waals surface area contributed by atoms with Crippen LogP contribution in [0.15, 0.2) is 400 Å². The van der Waals surface area contributed by atoms with Gasteiger partial charge in [-0.3, -0.25) is 0 Å². The molecule has 0 amide bonds. The molecule has 0 unspecified atom stereocenters. The van der Waals surface area contributed by atoms with E-state index in [-0.39, 0.29) is 18.3 Å². The van der Waals surface area contributed by atoms with Crippen LogP contribution in [-0.4, -0.2) is 48.2 Å². The van der Waals surface area contributed by atoms with Crippen molar-refractivity contribution < 1.29 is 9.31 Å². The fourth-order valence-electron chi connectivity index (χ4n) is 15.5. The monoisotopic (exact) mass is 1600 g/mol. The van der Waals surface area contributed by atoms with Gasteiger partial charge in [-0.1, -0.05) is 388 Å². The van der Waals surface area contributed by atoms with Crippen molar-refractivity contribution in [1.29, 1.82) is 0 Å². The molecule has 1 fully saturated rings. The lowest BCUT2D eigenvalue weighted by atomic mass is 9.78. The van der Waals surface area contributed by atoms with Crippen molar-refractivity contribution in [2.24, 2.45) is 0 Å². The maximum Gasteiger partial charge on any atom is 0.496 e. The molecule has 1 saturated heterocycles. The number of benzene rings is 16. The molecule has 0 aliphatic carbocycles. The Morgan fingerprint density at radius 2 is 0.442 bits per heavy atom. The number of aromatic nitrogens is 6. The van der Waals surface area contributed by atoms with Crippen LogP contribution in [0.2, 0.25) is 5.02 Å². The van der Waals surface area contributed by atoms with E-state index in [2.05, 4.69) is 270 Å². The molecule has 0 N–H and O–H groups in total. The van der Waals surface area contributed by atoms with Crippen LogP contribution in [0.25, 0.3) is 187 Å². The Balaban J connectivity index is 0.000000126. The largest absolute Gasteiger partial charge is 0.496 e. The van der Waals surface area contributed by atoms with E-state index in [4.69, 9.17) is 50.8 Å². The predicted octanol–water partition coefficient (Wildman–Crippen LogP) is 28.8. The average Bonchev–Trinajstić information content (AvgIpc) is 1.58. The number of halogens is 1. The van der Waals surface area contributed by atoms with Crippen molar-refractivity contribution in [1.82, 2.24) is 29.9 Å². The molecular weight excluding hydrogens is 1520 g/mol. The van der Waals surface area contributed by atoms with E-state index in [1.807, 2.05) is 180 Å². The van der Waals surface area contributed by atoms with Crippen LogP contribution in [-0.2, 0) is 9.31 Å². The van der Waals surface area contributed by atoms with Crippen LogP contribution in [0, 0.1) is 0 Å². The highest BCUT2D eigenvalue weighted by Crippen LogP contribution is 2.47. The third-order valence-corrected chi connectivity index (χ3v) is 25.4. The lowest BCUT2D eigenvalue weighted by molar-refractivity contribution is 0.00578. The molecule has 8 nitrogen and oxygen atoms in total. The number of fused-ring (bicyclic) bond motifs is 6. The molecule has 12 heteroatoms. The van der Waals surface area contributed by atoms with E-state index in [0.29, 0.717) is 34.9 Å². The minimum Gasteiger partial charge on any atom is -0.399 e. The van der Waals surface area contributed by atoms with E-state index in [0.717, 1.165) is 66.1 Å². The molecule has 0 atom stereocenters. The molecule has 20 aromatic rings. The normalized spacial score (nSPS) is 12.8. The highest BCUT2D eigenvalue weighted by Gasteiger charge is 2.52. The SMILES string of the molecule is CC1(C)OB(c2cccc3c2sc2c(-c4ccc(-c5ccccc5)cc4)cccc23)OC1(C)C.Clc1ccc(-c2cccc(-c3nc(-c4ccccc4)nc(-c4ccccc4)n3)c2)cc1.c1ccc(-c2ccc(-c3cccc4c3sc3c(-c5ccc(-c6cccc(-c7nc(-c8ccccc8)nc(-c8ccccc8)n7)c6)cc5)cccc34)cc2)cc1. The molecule has 0 saturated carbocycles. The minimum absolute atomic E-state index is 0.359. The molecule has 21 rings (SSSR count).